The third-order valence-electron chi connectivity index (χ3n) is 3.65. The lowest BCUT2D eigenvalue weighted by Crippen LogP contribution is -2.05. The Kier molecular flexibility index (Phi) is 3.68. The summed E-state index contributed by atoms with van der Waals surface area (Å²) in [4.78, 5) is 0. The van der Waals surface area contributed by atoms with Crippen molar-refractivity contribution >= 4 is 11.6 Å². The number of hydrogen-bond acceptors (Lipinski definition) is 2. The van der Waals surface area contributed by atoms with Gasteiger partial charge < -0.3 is 10.1 Å². The van der Waals surface area contributed by atoms with Gasteiger partial charge in [0.15, 0.2) is 0 Å². The number of benzene rings is 2. The fourth-order valence-electron chi connectivity index (χ4n) is 2.66. The van der Waals surface area contributed by atoms with Crippen LogP contribution in [0, 0.1) is 0 Å². The molecule has 0 aliphatic carbocycles. The predicted octanol–water partition coefficient (Wildman–Crippen LogP) is 4.05. The molecular formula is C17H18ClNO. The third kappa shape index (κ3) is 2.54. The highest BCUT2D eigenvalue weighted by Gasteiger charge is 2.19. The molecule has 0 amide bonds. The Labute approximate surface area is 124 Å². The Morgan fingerprint density at radius 2 is 1.95 bits per heavy atom. The molecule has 2 nitrogen and oxygen atoms in total. The summed E-state index contributed by atoms with van der Waals surface area (Å²) < 4.78 is 5.74. The van der Waals surface area contributed by atoms with Crippen LogP contribution in [0.2, 0.25) is 5.02 Å². The lowest BCUT2D eigenvalue weighted by Gasteiger charge is -2.08. The van der Waals surface area contributed by atoms with E-state index in [2.05, 4.69) is 42.6 Å². The number of ether oxygens (including phenoxy) is 1. The van der Waals surface area contributed by atoms with E-state index in [0.29, 0.717) is 0 Å². The zero-order chi connectivity index (χ0) is 14.1. The van der Waals surface area contributed by atoms with Crippen molar-refractivity contribution in [3.8, 4) is 16.9 Å². The van der Waals surface area contributed by atoms with Crippen molar-refractivity contribution in [1.82, 2.24) is 5.32 Å². The minimum atomic E-state index is 0.279. The maximum atomic E-state index is 6.33. The number of nitrogens with one attached hydrogen (secondary N) is 1. The van der Waals surface area contributed by atoms with Gasteiger partial charge in [0.25, 0.3) is 0 Å². The molecule has 1 unspecified atom stereocenters. The Morgan fingerprint density at radius 3 is 2.70 bits per heavy atom. The van der Waals surface area contributed by atoms with E-state index in [4.69, 9.17) is 16.3 Å². The van der Waals surface area contributed by atoms with Gasteiger partial charge in [-0.25, -0.2) is 0 Å². The Bertz CT molecular complexity index is 639. The summed E-state index contributed by atoms with van der Waals surface area (Å²) in [5, 5.41) is 3.93. The van der Waals surface area contributed by atoms with Gasteiger partial charge in [-0.05, 0) is 54.4 Å². The van der Waals surface area contributed by atoms with Crippen LogP contribution in [0.4, 0.5) is 0 Å². The van der Waals surface area contributed by atoms with Crippen LogP contribution in [0.5, 0.6) is 5.75 Å². The molecule has 2 aromatic carbocycles. The SMILES string of the molecule is CNCc1ccc(-c2ccc3c(c2)CC(C)O3)cc1Cl. The summed E-state index contributed by atoms with van der Waals surface area (Å²) in [5.74, 6) is 1.01. The molecule has 3 heteroatoms. The highest BCUT2D eigenvalue weighted by molar-refractivity contribution is 6.31. The lowest BCUT2D eigenvalue weighted by molar-refractivity contribution is 0.254. The summed E-state index contributed by atoms with van der Waals surface area (Å²) in [7, 11) is 1.92. The number of rotatable bonds is 3. The first-order chi connectivity index (χ1) is 9.67. The molecule has 0 saturated heterocycles. The third-order valence-corrected chi connectivity index (χ3v) is 4.00. The monoisotopic (exact) mass is 287 g/mol. The predicted molar refractivity (Wildman–Crippen MR) is 83.4 cm³/mol. The van der Waals surface area contributed by atoms with Crippen molar-refractivity contribution in [2.75, 3.05) is 7.05 Å². The van der Waals surface area contributed by atoms with Crippen molar-refractivity contribution in [1.29, 1.82) is 0 Å². The molecule has 1 atom stereocenters. The van der Waals surface area contributed by atoms with Crippen LogP contribution < -0.4 is 10.1 Å². The largest absolute Gasteiger partial charge is 0.490 e. The van der Waals surface area contributed by atoms with Gasteiger partial charge in [-0.2, -0.15) is 0 Å². The van der Waals surface area contributed by atoms with Crippen LogP contribution >= 0.6 is 11.6 Å². The molecule has 0 bridgehead atoms. The van der Waals surface area contributed by atoms with E-state index in [-0.39, 0.29) is 6.10 Å². The van der Waals surface area contributed by atoms with Gasteiger partial charge >= 0.3 is 0 Å². The van der Waals surface area contributed by atoms with Crippen molar-refractivity contribution in [3.63, 3.8) is 0 Å². The van der Waals surface area contributed by atoms with Crippen LogP contribution in [-0.2, 0) is 13.0 Å². The Balaban J connectivity index is 1.94. The minimum absolute atomic E-state index is 0.279. The fourth-order valence-corrected chi connectivity index (χ4v) is 2.91. The Hall–Kier alpha value is -1.51. The van der Waals surface area contributed by atoms with Crippen LogP contribution in [0.25, 0.3) is 11.1 Å². The summed E-state index contributed by atoms with van der Waals surface area (Å²) >= 11 is 6.33. The van der Waals surface area contributed by atoms with E-state index in [1.54, 1.807) is 0 Å². The van der Waals surface area contributed by atoms with Crippen LogP contribution in [-0.4, -0.2) is 13.2 Å². The number of fused-ring (bicyclic) bond motifs is 1. The highest BCUT2D eigenvalue weighted by atomic mass is 35.5. The van der Waals surface area contributed by atoms with E-state index >= 15 is 0 Å². The molecule has 104 valence electrons. The maximum Gasteiger partial charge on any atom is 0.123 e. The first-order valence-corrected chi connectivity index (χ1v) is 7.28. The minimum Gasteiger partial charge on any atom is -0.490 e. The molecule has 1 aliphatic heterocycles. The van der Waals surface area contributed by atoms with Crippen molar-refractivity contribution in [3.05, 3.63) is 52.5 Å². The zero-order valence-corrected chi connectivity index (χ0v) is 12.5. The molecule has 2 aromatic rings. The van der Waals surface area contributed by atoms with Gasteiger partial charge in [-0.1, -0.05) is 29.8 Å². The topological polar surface area (TPSA) is 21.3 Å². The fraction of sp³-hybridized carbons (Fsp3) is 0.294. The molecule has 0 saturated carbocycles. The van der Waals surface area contributed by atoms with E-state index in [9.17, 15) is 0 Å². The van der Waals surface area contributed by atoms with Crippen LogP contribution in [0.3, 0.4) is 0 Å². The summed E-state index contributed by atoms with van der Waals surface area (Å²) in [5.41, 5.74) is 4.75. The van der Waals surface area contributed by atoms with Gasteiger partial charge in [-0.3, -0.25) is 0 Å². The average Bonchev–Trinajstić information content (AvgIpc) is 2.80. The Morgan fingerprint density at radius 1 is 1.20 bits per heavy atom. The smallest absolute Gasteiger partial charge is 0.123 e. The normalized spacial score (nSPS) is 16.9. The molecule has 3 rings (SSSR count). The zero-order valence-electron chi connectivity index (χ0n) is 11.7. The quantitative estimate of drug-likeness (QED) is 0.919. The lowest BCUT2D eigenvalue weighted by atomic mass is 10.00. The van der Waals surface area contributed by atoms with Crippen LogP contribution in [0.15, 0.2) is 36.4 Å². The molecule has 1 aliphatic rings. The van der Waals surface area contributed by atoms with Gasteiger partial charge in [0.2, 0.25) is 0 Å². The van der Waals surface area contributed by atoms with Gasteiger partial charge in [-0.15, -0.1) is 0 Å². The van der Waals surface area contributed by atoms with Gasteiger partial charge in [0.05, 0.1) is 0 Å². The van der Waals surface area contributed by atoms with E-state index in [1.807, 2.05) is 13.1 Å². The van der Waals surface area contributed by atoms with E-state index < -0.39 is 0 Å². The molecular weight excluding hydrogens is 270 g/mol. The van der Waals surface area contributed by atoms with Crippen molar-refractivity contribution in [2.24, 2.45) is 0 Å². The summed E-state index contributed by atoms with van der Waals surface area (Å²) in [6.45, 7) is 2.89. The van der Waals surface area contributed by atoms with Crippen LogP contribution in [0.1, 0.15) is 18.1 Å². The van der Waals surface area contributed by atoms with E-state index in [0.717, 1.165) is 34.9 Å². The first kappa shape index (κ1) is 13.5. The first-order valence-electron chi connectivity index (χ1n) is 6.90. The van der Waals surface area contributed by atoms with E-state index in [1.165, 1.54) is 11.1 Å². The van der Waals surface area contributed by atoms with Gasteiger partial charge in [0.1, 0.15) is 11.9 Å². The van der Waals surface area contributed by atoms with Crippen molar-refractivity contribution < 1.29 is 4.74 Å². The van der Waals surface area contributed by atoms with Crippen molar-refractivity contribution in [2.45, 2.75) is 26.0 Å². The molecule has 1 heterocycles. The molecule has 0 radical (unpaired) electrons. The molecule has 0 aromatic heterocycles. The second-order valence-electron chi connectivity index (χ2n) is 5.29. The molecule has 0 spiro atoms. The standard InChI is InChI=1S/C17H18ClNO/c1-11-7-15-8-12(5-6-17(15)20-11)13-3-4-14(10-19-2)16(18)9-13/h3-6,8-9,11,19H,7,10H2,1-2H3. The second-order valence-corrected chi connectivity index (χ2v) is 5.70. The number of halogens is 1. The second kappa shape index (κ2) is 5.47. The molecule has 0 fully saturated rings. The maximum absolute atomic E-state index is 6.33. The number of hydrogen-bond donors (Lipinski definition) is 1. The summed E-state index contributed by atoms with van der Waals surface area (Å²) in [6, 6.07) is 12.6. The summed E-state index contributed by atoms with van der Waals surface area (Å²) in [6.07, 6.45) is 1.26. The average molecular weight is 288 g/mol. The van der Waals surface area contributed by atoms with Gasteiger partial charge in [0, 0.05) is 18.0 Å². The highest BCUT2D eigenvalue weighted by Crippen LogP contribution is 2.34. The molecule has 1 N–H and O–H groups in total. The molecule has 20 heavy (non-hydrogen) atoms.